The molecular formula is C16H20N4O. The van der Waals surface area contributed by atoms with Gasteiger partial charge in [-0.25, -0.2) is 4.99 Å². The van der Waals surface area contributed by atoms with E-state index in [-0.39, 0.29) is 0 Å². The van der Waals surface area contributed by atoms with Crippen LogP contribution in [-0.2, 0) is 13.0 Å². The third-order valence-corrected chi connectivity index (χ3v) is 3.05. The summed E-state index contributed by atoms with van der Waals surface area (Å²) in [6, 6.07) is 11.8. The Hall–Kier alpha value is -2.56. The van der Waals surface area contributed by atoms with E-state index in [9.17, 15) is 0 Å². The molecule has 0 aliphatic heterocycles. The number of anilines is 1. The van der Waals surface area contributed by atoms with Crippen molar-refractivity contribution in [3.63, 3.8) is 0 Å². The lowest BCUT2D eigenvalue weighted by Gasteiger charge is -2.07. The smallest absolute Gasteiger partial charge is 0.193 e. The average molecular weight is 284 g/mol. The number of methoxy groups -OCH3 is 1. The number of nitrogens with one attached hydrogen (secondary N) is 1. The molecule has 0 saturated carbocycles. The maximum atomic E-state index is 5.89. The fourth-order valence-corrected chi connectivity index (χ4v) is 1.85. The Morgan fingerprint density at radius 2 is 2.19 bits per heavy atom. The van der Waals surface area contributed by atoms with Gasteiger partial charge >= 0.3 is 0 Å². The third kappa shape index (κ3) is 4.49. The van der Waals surface area contributed by atoms with Crippen LogP contribution in [0.1, 0.15) is 18.2 Å². The predicted octanol–water partition coefficient (Wildman–Crippen LogP) is 2.58. The second-order valence-corrected chi connectivity index (χ2v) is 4.57. The Kier molecular flexibility index (Phi) is 5.15. The highest BCUT2D eigenvalue weighted by Gasteiger charge is 1.98. The van der Waals surface area contributed by atoms with Gasteiger partial charge in [0.05, 0.1) is 25.5 Å². The molecule has 0 saturated heterocycles. The van der Waals surface area contributed by atoms with Gasteiger partial charge in [0.1, 0.15) is 5.75 Å². The van der Waals surface area contributed by atoms with Gasteiger partial charge in [0.2, 0.25) is 0 Å². The first-order valence-electron chi connectivity index (χ1n) is 6.86. The fraction of sp³-hybridized carbons (Fsp3) is 0.250. The van der Waals surface area contributed by atoms with E-state index >= 15 is 0 Å². The van der Waals surface area contributed by atoms with Crippen LogP contribution >= 0.6 is 0 Å². The maximum Gasteiger partial charge on any atom is 0.193 e. The highest BCUT2D eigenvalue weighted by molar-refractivity contribution is 5.92. The molecule has 0 aliphatic carbocycles. The molecule has 0 unspecified atom stereocenters. The van der Waals surface area contributed by atoms with E-state index in [1.807, 2.05) is 24.3 Å². The van der Waals surface area contributed by atoms with Gasteiger partial charge in [0.25, 0.3) is 0 Å². The lowest BCUT2D eigenvalue weighted by Crippen LogP contribution is -2.22. The maximum absolute atomic E-state index is 5.89. The third-order valence-electron chi connectivity index (χ3n) is 3.05. The van der Waals surface area contributed by atoms with Crippen LogP contribution in [0, 0.1) is 0 Å². The summed E-state index contributed by atoms with van der Waals surface area (Å²) in [7, 11) is 1.61. The van der Waals surface area contributed by atoms with Crippen molar-refractivity contribution >= 4 is 11.6 Å². The molecular weight excluding hydrogens is 264 g/mol. The summed E-state index contributed by atoms with van der Waals surface area (Å²) in [5.41, 5.74) is 8.92. The molecule has 1 aromatic carbocycles. The quantitative estimate of drug-likeness (QED) is 0.654. The van der Waals surface area contributed by atoms with Crippen LogP contribution in [-0.4, -0.2) is 18.1 Å². The Morgan fingerprint density at radius 3 is 2.86 bits per heavy atom. The number of nitrogens with zero attached hydrogens (tertiary/aromatic N) is 2. The number of benzene rings is 1. The number of rotatable bonds is 5. The summed E-state index contributed by atoms with van der Waals surface area (Å²) in [5, 5.41) is 3.08. The van der Waals surface area contributed by atoms with Crippen molar-refractivity contribution in [3.8, 4) is 5.75 Å². The SMILES string of the molecule is CCc1cccc(NC(N)=NCc2ccc(OC)cn2)c1. The summed E-state index contributed by atoms with van der Waals surface area (Å²) < 4.78 is 5.06. The highest BCUT2D eigenvalue weighted by Crippen LogP contribution is 2.11. The van der Waals surface area contributed by atoms with Crippen LogP contribution in [0.4, 0.5) is 5.69 Å². The number of nitrogens with two attached hydrogens (primary N) is 1. The number of hydrogen-bond donors (Lipinski definition) is 2. The normalized spacial score (nSPS) is 11.2. The van der Waals surface area contributed by atoms with Gasteiger partial charge in [0.15, 0.2) is 5.96 Å². The molecule has 2 rings (SSSR count). The minimum Gasteiger partial charge on any atom is -0.495 e. The zero-order chi connectivity index (χ0) is 15.1. The Labute approximate surface area is 124 Å². The first-order chi connectivity index (χ1) is 10.2. The molecule has 0 aliphatic rings. The molecule has 110 valence electrons. The predicted molar refractivity (Wildman–Crippen MR) is 85.6 cm³/mol. The summed E-state index contributed by atoms with van der Waals surface area (Å²) in [4.78, 5) is 8.52. The van der Waals surface area contributed by atoms with Gasteiger partial charge in [0, 0.05) is 5.69 Å². The largest absolute Gasteiger partial charge is 0.495 e. The number of pyridine rings is 1. The molecule has 5 heteroatoms. The van der Waals surface area contributed by atoms with Gasteiger partial charge in [-0.05, 0) is 36.2 Å². The van der Waals surface area contributed by atoms with Crippen LogP contribution in [0.25, 0.3) is 0 Å². The van der Waals surface area contributed by atoms with E-state index < -0.39 is 0 Å². The molecule has 1 aromatic heterocycles. The summed E-state index contributed by atoms with van der Waals surface area (Å²) in [5.74, 6) is 1.10. The van der Waals surface area contributed by atoms with Crippen LogP contribution in [0.15, 0.2) is 47.6 Å². The number of aryl methyl sites for hydroxylation is 1. The Bertz CT molecular complexity index is 608. The number of aliphatic imine (C=N–C) groups is 1. The highest BCUT2D eigenvalue weighted by atomic mass is 16.5. The molecule has 0 radical (unpaired) electrons. The van der Waals surface area contributed by atoms with Crippen molar-refractivity contribution in [1.82, 2.24) is 4.98 Å². The lowest BCUT2D eigenvalue weighted by atomic mass is 10.1. The number of aromatic nitrogens is 1. The van der Waals surface area contributed by atoms with E-state index in [2.05, 4.69) is 34.3 Å². The van der Waals surface area contributed by atoms with Gasteiger partial charge in [-0.2, -0.15) is 0 Å². The zero-order valence-electron chi connectivity index (χ0n) is 12.3. The number of ether oxygens (including phenoxy) is 1. The molecule has 0 bridgehead atoms. The standard InChI is InChI=1S/C16H20N4O/c1-3-12-5-4-6-13(9-12)20-16(17)19-10-14-7-8-15(21-2)11-18-14/h4-9,11H,3,10H2,1-2H3,(H3,17,19,20). The van der Waals surface area contributed by atoms with Crippen LogP contribution in [0.3, 0.4) is 0 Å². The van der Waals surface area contributed by atoms with Crippen molar-refractivity contribution in [1.29, 1.82) is 0 Å². The second-order valence-electron chi connectivity index (χ2n) is 4.57. The zero-order valence-corrected chi connectivity index (χ0v) is 12.3. The monoisotopic (exact) mass is 284 g/mol. The molecule has 0 amide bonds. The summed E-state index contributed by atoms with van der Waals surface area (Å²) in [6.07, 6.45) is 2.65. The van der Waals surface area contributed by atoms with E-state index in [4.69, 9.17) is 10.5 Å². The second kappa shape index (κ2) is 7.28. The molecule has 2 aromatic rings. The Morgan fingerprint density at radius 1 is 1.33 bits per heavy atom. The molecule has 1 heterocycles. The average Bonchev–Trinajstić information content (AvgIpc) is 2.53. The first-order valence-corrected chi connectivity index (χ1v) is 6.86. The van der Waals surface area contributed by atoms with Crippen LogP contribution < -0.4 is 15.8 Å². The minimum atomic E-state index is 0.376. The molecule has 21 heavy (non-hydrogen) atoms. The van der Waals surface area contributed by atoms with Crippen molar-refractivity contribution < 1.29 is 4.74 Å². The van der Waals surface area contributed by atoms with Gasteiger partial charge in [-0.1, -0.05) is 19.1 Å². The Balaban J connectivity index is 1.96. The van der Waals surface area contributed by atoms with Crippen molar-refractivity contribution in [2.45, 2.75) is 19.9 Å². The van der Waals surface area contributed by atoms with E-state index in [1.54, 1.807) is 13.3 Å². The molecule has 5 nitrogen and oxygen atoms in total. The van der Waals surface area contributed by atoms with Crippen molar-refractivity contribution in [3.05, 3.63) is 53.9 Å². The van der Waals surface area contributed by atoms with Gasteiger partial charge < -0.3 is 15.8 Å². The van der Waals surface area contributed by atoms with Crippen LogP contribution in [0.2, 0.25) is 0 Å². The fourth-order valence-electron chi connectivity index (χ4n) is 1.85. The molecule has 3 N–H and O–H groups in total. The lowest BCUT2D eigenvalue weighted by molar-refractivity contribution is 0.412. The van der Waals surface area contributed by atoms with E-state index in [0.717, 1.165) is 23.6 Å². The topological polar surface area (TPSA) is 72.5 Å². The summed E-state index contributed by atoms with van der Waals surface area (Å²) >= 11 is 0. The first kappa shape index (κ1) is 14.8. The minimum absolute atomic E-state index is 0.376. The molecule has 0 fully saturated rings. The van der Waals surface area contributed by atoms with Gasteiger partial charge in [-0.3, -0.25) is 4.98 Å². The van der Waals surface area contributed by atoms with Crippen molar-refractivity contribution in [2.24, 2.45) is 10.7 Å². The number of guanidine groups is 1. The van der Waals surface area contributed by atoms with Crippen molar-refractivity contribution in [2.75, 3.05) is 12.4 Å². The van der Waals surface area contributed by atoms with E-state index in [1.165, 1.54) is 5.56 Å². The van der Waals surface area contributed by atoms with E-state index in [0.29, 0.717) is 12.5 Å². The number of hydrogen-bond acceptors (Lipinski definition) is 3. The molecule has 0 atom stereocenters. The van der Waals surface area contributed by atoms with Gasteiger partial charge in [-0.15, -0.1) is 0 Å². The van der Waals surface area contributed by atoms with Crippen LogP contribution in [0.5, 0.6) is 5.75 Å². The molecule has 0 spiro atoms. The summed E-state index contributed by atoms with van der Waals surface area (Å²) in [6.45, 7) is 2.54.